The number of carbonyl (C=O) groups is 3. The monoisotopic (exact) mass is 454 g/mol. The minimum atomic E-state index is -0.570. The molecule has 8 nitrogen and oxygen atoms in total. The Morgan fingerprint density at radius 1 is 1.21 bits per heavy atom. The summed E-state index contributed by atoms with van der Waals surface area (Å²) in [5.74, 6) is -0.656. The first-order valence-corrected chi connectivity index (χ1v) is 10.8. The quantitative estimate of drug-likeness (QED) is 0.700. The number of amides is 3. The average molecular weight is 455 g/mol. The van der Waals surface area contributed by atoms with E-state index >= 15 is 0 Å². The van der Waals surface area contributed by atoms with Gasteiger partial charge in [-0.2, -0.15) is 0 Å². The lowest BCUT2D eigenvalue weighted by Gasteiger charge is -2.30. The number of cyclic esters (lactones) is 1. The van der Waals surface area contributed by atoms with E-state index in [0.29, 0.717) is 29.9 Å². The maximum absolute atomic E-state index is 15.0. The molecule has 2 saturated heterocycles. The fourth-order valence-electron chi connectivity index (χ4n) is 4.10. The number of ether oxygens (including phenoxy) is 1. The molecule has 0 aliphatic carbocycles. The molecule has 0 spiro atoms. The Morgan fingerprint density at radius 3 is 2.55 bits per heavy atom. The van der Waals surface area contributed by atoms with E-state index in [-0.39, 0.29) is 24.9 Å². The van der Waals surface area contributed by atoms with Gasteiger partial charge in [0, 0.05) is 19.0 Å². The van der Waals surface area contributed by atoms with Crippen molar-refractivity contribution >= 4 is 23.6 Å². The molecule has 2 aliphatic rings. The van der Waals surface area contributed by atoms with Crippen molar-refractivity contribution < 1.29 is 23.5 Å². The molecule has 0 aromatic heterocycles. The number of anilines is 1. The SMILES string of the molecule is CC(=O)NCC1CN(c2ccc(-c3ccc(CN4CC(=O)NC4(C)C)cc3)c(F)c2)C(=O)O1. The lowest BCUT2D eigenvalue weighted by atomic mass is 10.0. The highest BCUT2D eigenvalue weighted by atomic mass is 19.1. The van der Waals surface area contributed by atoms with Crippen LogP contribution in [0.4, 0.5) is 14.9 Å². The highest BCUT2D eigenvalue weighted by molar-refractivity contribution is 5.90. The van der Waals surface area contributed by atoms with Gasteiger partial charge in [0.05, 0.1) is 31.0 Å². The van der Waals surface area contributed by atoms with Gasteiger partial charge in [-0.15, -0.1) is 0 Å². The molecular formula is C24H27FN4O4. The van der Waals surface area contributed by atoms with E-state index in [1.165, 1.54) is 17.9 Å². The minimum Gasteiger partial charge on any atom is -0.442 e. The smallest absolute Gasteiger partial charge is 0.414 e. The van der Waals surface area contributed by atoms with Gasteiger partial charge in [0.15, 0.2) is 0 Å². The molecule has 3 amide bonds. The van der Waals surface area contributed by atoms with Crippen molar-refractivity contribution in [3.8, 4) is 11.1 Å². The van der Waals surface area contributed by atoms with E-state index in [2.05, 4.69) is 10.6 Å². The van der Waals surface area contributed by atoms with Crippen LogP contribution in [0, 0.1) is 5.82 Å². The molecule has 2 fully saturated rings. The van der Waals surface area contributed by atoms with Crippen molar-refractivity contribution in [1.29, 1.82) is 0 Å². The molecule has 2 aromatic rings. The molecule has 2 heterocycles. The average Bonchev–Trinajstić information content (AvgIpc) is 3.24. The Kier molecular flexibility index (Phi) is 6.07. The second kappa shape index (κ2) is 8.82. The molecule has 0 radical (unpaired) electrons. The Bertz CT molecular complexity index is 1090. The largest absolute Gasteiger partial charge is 0.442 e. The molecule has 1 unspecified atom stereocenters. The molecule has 1 atom stereocenters. The van der Waals surface area contributed by atoms with E-state index in [9.17, 15) is 18.8 Å². The third-order valence-corrected chi connectivity index (χ3v) is 5.93. The van der Waals surface area contributed by atoms with E-state index in [1.54, 1.807) is 12.1 Å². The van der Waals surface area contributed by atoms with Crippen molar-refractivity contribution in [3.63, 3.8) is 0 Å². The molecule has 4 rings (SSSR count). The summed E-state index contributed by atoms with van der Waals surface area (Å²) in [5, 5.41) is 5.55. The molecular weight excluding hydrogens is 427 g/mol. The van der Waals surface area contributed by atoms with Gasteiger partial charge in [-0.25, -0.2) is 9.18 Å². The van der Waals surface area contributed by atoms with Crippen molar-refractivity contribution in [2.45, 2.75) is 39.1 Å². The maximum atomic E-state index is 15.0. The Labute approximate surface area is 191 Å². The van der Waals surface area contributed by atoms with Crippen molar-refractivity contribution in [2.75, 3.05) is 24.5 Å². The van der Waals surface area contributed by atoms with E-state index in [0.717, 1.165) is 5.56 Å². The summed E-state index contributed by atoms with van der Waals surface area (Å²) in [6.07, 6.45) is -1.05. The molecule has 174 valence electrons. The van der Waals surface area contributed by atoms with Crippen LogP contribution >= 0.6 is 0 Å². The number of hydrogen-bond acceptors (Lipinski definition) is 5. The summed E-state index contributed by atoms with van der Waals surface area (Å²) < 4.78 is 20.2. The fourth-order valence-corrected chi connectivity index (χ4v) is 4.10. The lowest BCUT2D eigenvalue weighted by Crippen LogP contribution is -2.45. The van der Waals surface area contributed by atoms with Crippen LogP contribution in [0.2, 0.25) is 0 Å². The van der Waals surface area contributed by atoms with Crippen LogP contribution in [0.1, 0.15) is 26.3 Å². The van der Waals surface area contributed by atoms with E-state index in [4.69, 9.17) is 4.74 Å². The number of nitrogens with zero attached hydrogens (tertiary/aromatic N) is 2. The van der Waals surface area contributed by atoms with Gasteiger partial charge in [0.2, 0.25) is 11.8 Å². The summed E-state index contributed by atoms with van der Waals surface area (Å²) in [6, 6.07) is 12.2. The van der Waals surface area contributed by atoms with Gasteiger partial charge < -0.3 is 15.4 Å². The summed E-state index contributed by atoms with van der Waals surface area (Å²) >= 11 is 0. The van der Waals surface area contributed by atoms with Crippen LogP contribution in [0.25, 0.3) is 11.1 Å². The Balaban J connectivity index is 1.44. The summed E-state index contributed by atoms with van der Waals surface area (Å²) in [4.78, 5) is 38.4. The van der Waals surface area contributed by atoms with Crippen LogP contribution in [0.3, 0.4) is 0 Å². The van der Waals surface area contributed by atoms with Crippen molar-refractivity contribution in [1.82, 2.24) is 15.5 Å². The first-order chi connectivity index (χ1) is 15.6. The summed E-state index contributed by atoms with van der Waals surface area (Å²) in [7, 11) is 0. The molecule has 2 aliphatic heterocycles. The zero-order valence-electron chi connectivity index (χ0n) is 18.9. The Hall–Kier alpha value is -3.46. The number of halogens is 1. The second-order valence-electron chi connectivity index (χ2n) is 8.88. The second-order valence-corrected chi connectivity index (χ2v) is 8.88. The highest BCUT2D eigenvalue weighted by Crippen LogP contribution is 2.30. The fraction of sp³-hybridized carbons (Fsp3) is 0.375. The Morgan fingerprint density at radius 2 is 1.94 bits per heavy atom. The number of hydrogen-bond donors (Lipinski definition) is 2. The van der Waals surface area contributed by atoms with Crippen LogP contribution in [-0.4, -0.2) is 54.2 Å². The zero-order chi connectivity index (χ0) is 23.8. The molecule has 2 aromatic carbocycles. The highest BCUT2D eigenvalue weighted by Gasteiger charge is 2.36. The van der Waals surface area contributed by atoms with Gasteiger partial charge in [0.25, 0.3) is 0 Å². The number of carbonyl (C=O) groups excluding carboxylic acids is 3. The van der Waals surface area contributed by atoms with Crippen molar-refractivity contribution in [2.24, 2.45) is 0 Å². The maximum Gasteiger partial charge on any atom is 0.414 e. The molecule has 0 bridgehead atoms. The summed E-state index contributed by atoms with van der Waals surface area (Å²) in [5.41, 5.74) is 2.15. The normalized spacial score (nSPS) is 20.0. The van der Waals surface area contributed by atoms with Crippen LogP contribution in [0.15, 0.2) is 42.5 Å². The van der Waals surface area contributed by atoms with Gasteiger partial charge in [-0.1, -0.05) is 24.3 Å². The topological polar surface area (TPSA) is 91.0 Å². The standard InChI is InChI=1S/C24H27FN4O4/c1-15(30)26-11-19-13-29(23(32)33-19)18-8-9-20(21(25)10-18)17-6-4-16(5-7-17)12-28-14-22(31)27-24(28,2)3/h4-10,19H,11-14H2,1-3H3,(H,26,30)(H,27,31). The third kappa shape index (κ3) is 4.98. The third-order valence-electron chi connectivity index (χ3n) is 5.93. The number of nitrogens with one attached hydrogen (secondary N) is 2. The predicted molar refractivity (Wildman–Crippen MR) is 121 cm³/mol. The first-order valence-electron chi connectivity index (χ1n) is 10.8. The lowest BCUT2D eigenvalue weighted by molar-refractivity contribution is -0.120. The molecule has 9 heteroatoms. The van der Waals surface area contributed by atoms with E-state index in [1.807, 2.05) is 43.0 Å². The minimum absolute atomic E-state index is 0.00195. The molecule has 33 heavy (non-hydrogen) atoms. The summed E-state index contributed by atoms with van der Waals surface area (Å²) in [6.45, 7) is 6.70. The van der Waals surface area contributed by atoms with E-state index < -0.39 is 23.7 Å². The van der Waals surface area contributed by atoms with Gasteiger partial charge in [0.1, 0.15) is 11.9 Å². The van der Waals surface area contributed by atoms with Gasteiger partial charge in [-0.05, 0) is 43.2 Å². The van der Waals surface area contributed by atoms with Gasteiger partial charge >= 0.3 is 6.09 Å². The van der Waals surface area contributed by atoms with Crippen LogP contribution in [-0.2, 0) is 20.9 Å². The van der Waals surface area contributed by atoms with Crippen molar-refractivity contribution in [3.05, 3.63) is 53.8 Å². The molecule has 2 N–H and O–H groups in total. The van der Waals surface area contributed by atoms with Crippen LogP contribution < -0.4 is 15.5 Å². The number of rotatable bonds is 6. The first kappa shape index (κ1) is 22.7. The van der Waals surface area contributed by atoms with Gasteiger partial charge in [-0.3, -0.25) is 19.4 Å². The molecule has 0 saturated carbocycles. The zero-order valence-corrected chi connectivity index (χ0v) is 18.9. The predicted octanol–water partition coefficient (Wildman–Crippen LogP) is 2.62. The van der Waals surface area contributed by atoms with Crippen LogP contribution in [0.5, 0.6) is 0 Å². The number of benzene rings is 2.